The molecule has 0 spiro atoms. The van der Waals surface area contributed by atoms with Gasteiger partial charge in [0.15, 0.2) is 5.82 Å². The van der Waals surface area contributed by atoms with Gasteiger partial charge in [0.25, 0.3) is 0 Å². The molecule has 2 N–H and O–H groups in total. The highest BCUT2D eigenvalue weighted by Gasteiger charge is 2.34. The summed E-state index contributed by atoms with van der Waals surface area (Å²) in [6.07, 6.45) is 6.61. The van der Waals surface area contributed by atoms with Crippen LogP contribution in [-0.2, 0) is 17.6 Å². The molecule has 1 aromatic rings. The number of rotatable bonds is 6. The Morgan fingerprint density at radius 3 is 3.00 bits per heavy atom. The normalized spacial score (nSPS) is 24.6. The maximum absolute atomic E-state index is 14.0. The summed E-state index contributed by atoms with van der Waals surface area (Å²) in [6.45, 7) is 5.99. The standard InChI is InChI=1S/C20H26FN5O2/c1-12(14-7-16-13(2)25-9-18(21)17(16)8-14)23-4-3-15-11-26(20(27)28-15)19-10-22-5-6-24-19/h6,9-10,12,14-15,22-23H,3-5,7-8,11H2,1-2H3/t12?,14?,15-/m1/s1. The lowest BCUT2D eigenvalue weighted by Crippen LogP contribution is -2.36. The van der Waals surface area contributed by atoms with Crippen molar-refractivity contribution in [1.29, 1.82) is 0 Å². The van der Waals surface area contributed by atoms with E-state index in [1.807, 2.05) is 6.92 Å². The summed E-state index contributed by atoms with van der Waals surface area (Å²) in [5, 5.41) is 6.57. The van der Waals surface area contributed by atoms with Crippen molar-refractivity contribution in [3.63, 3.8) is 0 Å². The van der Waals surface area contributed by atoms with E-state index in [0.29, 0.717) is 24.8 Å². The summed E-state index contributed by atoms with van der Waals surface area (Å²) in [7, 11) is 0. The molecular weight excluding hydrogens is 361 g/mol. The second-order valence-corrected chi connectivity index (χ2v) is 7.69. The van der Waals surface area contributed by atoms with Gasteiger partial charge < -0.3 is 15.4 Å². The van der Waals surface area contributed by atoms with Gasteiger partial charge in [-0.05, 0) is 56.7 Å². The van der Waals surface area contributed by atoms with Gasteiger partial charge >= 0.3 is 6.09 Å². The van der Waals surface area contributed by atoms with E-state index in [9.17, 15) is 9.18 Å². The van der Waals surface area contributed by atoms with Gasteiger partial charge in [-0.25, -0.2) is 14.2 Å². The Morgan fingerprint density at radius 1 is 1.43 bits per heavy atom. The van der Waals surface area contributed by atoms with Gasteiger partial charge in [-0.2, -0.15) is 0 Å². The highest BCUT2D eigenvalue weighted by Crippen LogP contribution is 2.32. The van der Waals surface area contributed by atoms with Gasteiger partial charge in [0.05, 0.1) is 12.7 Å². The SMILES string of the molecule is Cc1ncc(F)c2c1CC(C(C)NCC[C@@H]1CN(C3=CNCC=N3)C(=O)O1)C2. The minimum absolute atomic E-state index is 0.158. The molecule has 3 heterocycles. The second kappa shape index (κ2) is 7.87. The van der Waals surface area contributed by atoms with Gasteiger partial charge in [-0.15, -0.1) is 0 Å². The third-order valence-electron chi connectivity index (χ3n) is 5.85. The van der Waals surface area contributed by atoms with Crippen LogP contribution in [0.15, 0.2) is 23.2 Å². The van der Waals surface area contributed by atoms with Crippen molar-refractivity contribution in [3.05, 3.63) is 40.9 Å². The Balaban J connectivity index is 1.25. The molecule has 0 bridgehead atoms. The molecule has 7 nitrogen and oxygen atoms in total. The predicted octanol–water partition coefficient (Wildman–Crippen LogP) is 1.91. The number of aliphatic imine (C=N–C) groups is 1. The van der Waals surface area contributed by atoms with Crippen LogP contribution in [0.4, 0.5) is 9.18 Å². The van der Waals surface area contributed by atoms with Crippen molar-refractivity contribution in [2.75, 3.05) is 19.6 Å². The van der Waals surface area contributed by atoms with Crippen LogP contribution in [0.1, 0.15) is 30.2 Å². The lowest BCUT2D eigenvalue weighted by Gasteiger charge is -2.21. The number of carbonyl (C=O) groups excluding carboxylic acids is 1. The number of ether oxygens (including phenoxy) is 1. The molecule has 1 fully saturated rings. The molecule has 2 aliphatic heterocycles. The molecular formula is C20H26FN5O2. The Kier molecular flexibility index (Phi) is 5.30. The van der Waals surface area contributed by atoms with Crippen molar-refractivity contribution in [2.45, 2.75) is 45.3 Å². The fourth-order valence-corrected chi connectivity index (χ4v) is 4.14. The second-order valence-electron chi connectivity index (χ2n) is 7.69. The fourth-order valence-electron chi connectivity index (χ4n) is 4.14. The van der Waals surface area contributed by atoms with Gasteiger partial charge in [-0.3, -0.25) is 9.88 Å². The maximum atomic E-state index is 14.0. The number of aryl methyl sites for hydroxylation is 1. The first-order chi connectivity index (χ1) is 13.5. The molecule has 4 rings (SSSR count). The highest BCUT2D eigenvalue weighted by molar-refractivity contribution is 5.73. The minimum Gasteiger partial charge on any atom is -0.444 e. The lowest BCUT2D eigenvalue weighted by atomic mass is 9.97. The minimum atomic E-state index is -0.352. The molecule has 1 amide bonds. The molecule has 8 heteroatoms. The number of pyridine rings is 1. The average Bonchev–Trinajstić information content (AvgIpc) is 3.30. The Labute approximate surface area is 164 Å². The zero-order valence-corrected chi connectivity index (χ0v) is 16.2. The third-order valence-corrected chi connectivity index (χ3v) is 5.85. The van der Waals surface area contributed by atoms with E-state index in [1.54, 1.807) is 17.3 Å². The first-order valence-electron chi connectivity index (χ1n) is 9.83. The smallest absolute Gasteiger partial charge is 0.415 e. The molecule has 28 heavy (non-hydrogen) atoms. The van der Waals surface area contributed by atoms with E-state index in [4.69, 9.17) is 4.74 Å². The first-order valence-corrected chi connectivity index (χ1v) is 9.83. The fraction of sp³-hybridized carbons (Fsp3) is 0.550. The zero-order chi connectivity index (χ0) is 19.7. The van der Waals surface area contributed by atoms with Crippen molar-refractivity contribution in [1.82, 2.24) is 20.5 Å². The summed E-state index contributed by atoms with van der Waals surface area (Å²) < 4.78 is 19.5. The monoisotopic (exact) mass is 387 g/mol. The van der Waals surface area contributed by atoms with Crippen LogP contribution in [0.2, 0.25) is 0 Å². The number of carbonyl (C=O) groups is 1. The van der Waals surface area contributed by atoms with Crippen LogP contribution in [0, 0.1) is 18.7 Å². The Bertz CT molecular complexity index is 794. The maximum Gasteiger partial charge on any atom is 0.415 e. The largest absolute Gasteiger partial charge is 0.444 e. The average molecular weight is 387 g/mol. The number of amides is 1. The Morgan fingerprint density at radius 2 is 2.25 bits per heavy atom. The number of cyclic esters (lactones) is 1. The van der Waals surface area contributed by atoms with Gasteiger partial charge in [0, 0.05) is 30.7 Å². The molecule has 0 saturated carbocycles. The summed E-state index contributed by atoms with van der Waals surface area (Å²) in [6, 6.07) is 0.245. The first kappa shape index (κ1) is 18.9. The molecule has 3 aliphatic rings. The van der Waals surface area contributed by atoms with Crippen LogP contribution in [0.5, 0.6) is 0 Å². The topological polar surface area (TPSA) is 78.9 Å². The molecule has 2 unspecified atom stereocenters. The molecule has 150 valence electrons. The van der Waals surface area contributed by atoms with Crippen LogP contribution >= 0.6 is 0 Å². The number of hydrogen-bond donors (Lipinski definition) is 2. The molecule has 3 atom stereocenters. The number of halogens is 1. The van der Waals surface area contributed by atoms with Gasteiger partial charge in [0.2, 0.25) is 0 Å². The van der Waals surface area contributed by atoms with Crippen molar-refractivity contribution in [2.24, 2.45) is 10.9 Å². The van der Waals surface area contributed by atoms with Gasteiger partial charge in [0.1, 0.15) is 11.9 Å². The molecule has 0 aromatic carbocycles. The van der Waals surface area contributed by atoms with E-state index in [-0.39, 0.29) is 24.1 Å². The lowest BCUT2D eigenvalue weighted by molar-refractivity contribution is 0.130. The summed E-state index contributed by atoms with van der Waals surface area (Å²) in [5.41, 5.74) is 2.81. The van der Waals surface area contributed by atoms with E-state index in [0.717, 1.165) is 42.6 Å². The summed E-state index contributed by atoms with van der Waals surface area (Å²) in [5.74, 6) is 0.750. The van der Waals surface area contributed by atoms with E-state index >= 15 is 0 Å². The van der Waals surface area contributed by atoms with Crippen molar-refractivity contribution in [3.8, 4) is 0 Å². The summed E-state index contributed by atoms with van der Waals surface area (Å²) >= 11 is 0. The van der Waals surface area contributed by atoms with Crippen LogP contribution < -0.4 is 10.6 Å². The van der Waals surface area contributed by atoms with Crippen LogP contribution in [0.3, 0.4) is 0 Å². The summed E-state index contributed by atoms with van der Waals surface area (Å²) in [4.78, 5) is 22.0. The predicted molar refractivity (Wildman–Crippen MR) is 103 cm³/mol. The highest BCUT2D eigenvalue weighted by atomic mass is 19.1. The number of hydrogen-bond acceptors (Lipinski definition) is 6. The van der Waals surface area contributed by atoms with E-state index in [2.05, 4.69) is 27.5 Å². The van der Waals surface area contributed by atoms with Crippen LogP contribution in [0.25, 0.3) is 0 Å². The molecule has 1 aliphatic carbocycles. The Hall–Kier alpha value is -2.48. The molecule has 1 saturated heterocycles. The molecule has 0 radical (unpaired) electrons. The third kappa shape index (κ3) is 3.73. The quantitative estimate of drug-likeness (QED) is 0.780. The van der Waals surface area contributed by atoms with Crippen molar-refractivity contribution < 1.29 is 13.9 Å². The van der Waals surface area contributed by atoms with E-state index < -0.39 is 0 Å². The number of aromatic nitrogens is 1. The van der Waals surface area contributed by atoms with Crippen LogP contribution in [-0.4, -0.2) is 54.0 Å². The number of nitrogens with one attached hydrogen (secondary N) is 2. The number of nitrogens with zero attached hydrogens (tertiary/aromatic N) is 3. The zero-order valence-electron chi connectivity index (χ0n) is 16.2. The van der Waals surface area contributed by atoms with E-state index in [1.165, 1.54) is 6.20 Å². The number of fused-ring (bicyclic) bond motifs is 1. The van der Waals surface area contributed by atoms with Crippen molar-refractivity contribution >= 4 is 12.3 Å². The van der Waals surface area contributed by atoms with Gasteiger partial charge in [-0.1, -0.05) is 0 Å². The molecule has 1 aromatic heterocycles.